The van der Waals surface area contributed by atoms with E-state index in [1.54, 1.807) is 0 Å². The first-order valence-electron chi connectivity index (χ1n) is 8.78. The highest BCUT2D eigenvalue weighted by Crippen LogP contribution is 2.15. The molecular weight excluding hydrogens is 302 g/mol. The Bertz CT molecular complexity index is 560. The van der Waals surface area contributed by atoms with Crippen LogP contribution in [0.2, 0.25) is 0 Å². The van der Waals surface area contributed by atoms with E-state index in [9.17, 15) is 9.59 Å². The maximum atomic E-state index is 12.5. The van der Waals surface area contributed by atoms with Crippen LogP contribution in [-0.4, -0.2) is 41.9 Å². The van der Waals surface area contributed by atoms with Crippen LogP contribution in [0.5, 0.6) is 0 Å². The summed E-state index contributed by atoms with van der Waals surface area (Å²) in [6, 6.07) is 7.31. The van der Waals surface area contributed by atoms with Crippen molar-refractivity contribution >= 4 is 11.8 Å². The van der Waals surface area contributed by atoms with Gasteiger partial charge in [-0.25, -0.2) is 0 Å². The molecule has 1 aromatic carbocycles. The lowest BCUT2D eigenvalue weighted by Gasteiger charge is -2.33. The van der Waals surface area contributed by atoms with Gasteiger partial charge in [0.15, 0.2) is 0 Å². The van der Waals surface area contributed by atoms with Crippen molar-refractivity contribution in [3.63, 3.8) is 0 Å². The van der Waals surface area contributed by atoms with Gasteiger partial charge < -0.3 is 16.0 Å². The first-order valence-corrected chi connectivity index (χ1v) is 8.78. The average Bonchev–Trinajstić information content (AvgIpc) is 2.55. The van der Waals surface area contributed by atoms with Crippen LogP contribution in [0.1, 0.15) is 49.0 Å². The summed E-state index contributed by atoms with van der Waals surface area (Å²) in [5.74, 6) is 0.392. The van der Waals surface area contributed by atoms with Crippen LogP contribution in [0.4, 0.5) is 0 Å². The fourth-order valence-electron chi connectivity index (χ4n) is 3.03. The summed E-state index contributed by atoms with van der Waals surface area (Å²) in [7, 11) is 0. The minimum Gasteiger partial charge on any atom is -0.352 e. The van der Waals surface area contributed by atoms with Crippen LogP contribution < -0.4 is 11.1 Å². The van der Waals surface area contributed by atoms with Gasteiger partial charge in [0, 0.05) is 24.7 Å². The van der Waals surface area contributed by atoms with Gasteiger partial charge in [-0.15, -0.1) is 0 Å². The summed E-state index contributed by atoms with van der Waals surface area (Å²) >= 11 is 0. The Morgan fingerprint density at radius 1 is 1.21 bits per heavy atom. The Balaban J connectivity index is 1.81. The van der Waals surface area contributed by atoms with Crippen molar-refractivity contribution < 1.29 is 9.59 Å². The molecule has 0 aliphatic carbocycles. The van der Waals surface area contributed by atoms with Gasteiger partial charge in [0.1, 0.15) is 0 Å². The van der Waals surface area contributed by atoms with E-state index in [1.165, 1.54) is 0 Å². The van der Waals surface area contributed by atoms with Crippen LogP contribution in [0.15, 0.2) is 24.3 Å². The molecule has 1 aromatic rings. The first kappa shape index (κ1) is 18.5. The molecule has 1 saturated heterocycles. The molecule has 5 nitrogen and oxygen atoms in total. The van der Waals surface area contributed by atoms with Crippen LogP contribution >= 0.6 is 0 Å². The number of nitrogens with zero attached hydrogens (tertiary/aromatic N) is 1. The van der Waals surface area contributed by atoms with Crippen LogP contribution in [-0.2, 0) is 4.79 Å². The van der Waals surface area contributed by atoms with E-state index in [4.69, 9.17) is 5.73 Å². The van der Waals surface area contributed by atoms with Crippen LogP contribution in [0.3, 0.4) is 0 Å². The van der Waals surface area contributed by atoms with E-state index in [1.807, 2.05) is 36.1 Å². The molecule has 2 amide bonds. The molecule has 2 rings (SSSR count). The van der Waals surface area contributed by atoms with Crippen molar-refractivity contribution in [2.45, 2.75) is 52.1 Å². The number of piperidine rings is 1. The monoisotopic (exact) mass is 331 g/mol. The SMILES string of the molecule is Cc1ccc(C(=O)N2CCC(NC(=O)[C@@H](N)CC(C)C)CC2)cc1. The summed E-state index contributed by atoms with van der Waals surface area (Å²) in [4.78, 5) is 26.4. The molecule has 0 saturated carbocycles. The van der Waals surface area contributed by atoms with E-state index < -0.39 is 6.04 Å². The highest BCUT2D eigenvalue weighted by molar-refractivity contribution is 5.94. The lowest BCUT2D eigenvalue weighted by molar-refractivity contribution is -0.123. The number of hydrogen-bond acceptors (Lipinski definition) is 3. The molecule has 1 aliphatic heterocycles. The number of amides is 2. The number of hydrogen-bond donors (Lipinski definition) is 2. The summed E-state index contributed by atoms with van der Waals surface area (Å²) < 4.78 is 0. The van der Waals surface area contributed by atoms with E-state index in [-0.39, 0.29) is 17.9 Å². The summed E-state index contributed by atoms with van der Waals surface area (Å²) in [6.07, 6.45) is 2.24. The smallest absolute Gasteiger partial charge is 0.253 e. The van der Waals surface area contributed by atoms with Gasteiger partial charge in [0.2, 0.25) is 5.91 Å². The molecule has 0 spiro atoms. The average molecular weight is 331 g/mol. The largest absolute Gasteiger partial charge is 0.352 e. The molecule has 0 radical (unpaired) electrons. The fourth-order valence-corrected chi connectivity index (χ4v) is 3.03. The molecule has 1 aliphatic rings. The molecule has 1 atom stereocenters. The van der Waals surface area contributed by atoms with Crippen molar-refractivity contribution in [3.8, 4) is 0 Å². The summed E-state index contributed by atoms with van der Waals surface area (Å²) in [5, 5.41) is 3.03. The Labute approximate surface area is 144 Å². The van der Waals surface area contributed by atoms with E-state index in [0.29, 0.717) is 25.4 Å². The van der Waals surface area contributed by atoms with Gasteiger partial charge in [-0.1, -0.05) is 31.5 Å². The Kier molecular flexibility index (Phi) is 6.37. The van der Waals surface area contributed by atoms with Gasteiger partial charge in [-0.2, -0.15) is 0 Å². The van der Waals surface area contributed by atoms with Gasteiger partial charge in [-0.05, 0) is 44.2 Å². The molecule has 0 bridgehead atoms. The zero-order valence-electron chi connectivity index (χ0n) is 14.9. The molecule has 5 heteroatoms. The van der Waals surface area contributed by atoms with Crippen molar-refractivity contribution in [2.24, 2.45) is 11.7 Å². The van der Waals surface area contributed by atoms with Gasteiger partial charge in [0.05, 0.1) is 6.04 Å². The zero-order valence-corrected chi connectivity index (χ0v) is 14.9. The number of nitrogens with one attached hydrogen (secondary N) is 1. The molecular formula is C19H29N3O2. The second-order valence-electron chi connectivity index (χ2n) is 7.18. The lowest BCUT2D eigenvalue weighted by atomic mass is 10.0. The number of rotatable bonds is 5. The molecule has 3 N–H and O–H groups in total. The first-order chi connectivity index (χ1) is 11.4. The number of carbonyl (C=O) groups is 2. The summed E-state index contributed by atoms with van der Waals surface area (Å²) in [6.45, 7) is 7.45. The molecule has 1 heterocycles. The molecule has 132 valence electrons. The lowest BCUT2D eigenvalue weighted by Crippen LogP contribution is -2.50. The zero-order chi connectivity index (χ0) is 17.7. The third-order valence-corrected chi connectivity index (χ3v) is 4.49. The maximum Gasteiger partial charge on any atom is 0.253 e. The maximum absolute atomic E-state index is 12.5. The molecule has 0 unspecified atom stereocenters. The highest BCUT2D eigenvalue weighted by atomic mass is 16.2. The van der Waals surface area contributed by atoms with Crippen molar-refractivity contribution in [1.29, 1.82) is 0 Å². The minimum atomic E-state index is -0.447. The van der Waals surface area contributed by atoms with Crippen molar-refractivity contribution in [1.82, 2.24) is 10.2 Å². The standard InChI is InChI=1S/C19H29N3O2/c1-13(2)12-17(20)18(23)21-16-8-10-22(11-9-16)19(24)15-6-4-14(3)5-7-15/h4-7,13,16-17H,8-12,20H2,1-3H3,(H,21,23)/t17-/m0/s1. The second kappa shape index (κ2) is 8.29. The topological polar surface area (TPSA) is 75.4 Å². The van der Waals surface area contributed by atoms with Gasteiger partial charge in [-0.3, -0.25) is 9.59 Å². The van der Waals surface area contributed by atoms with E-state index >= 15 is 0 Å². The number of aryl methyl sites for hydroxylation is 1. The number of likely N-dealkylation sites (tertiary alicyclic amines) is 1. The second-order valence-corrected chi connectivity index (χ2v) is 7.18. The Morgan fingerprint density at radius 2 is 1.79 bits per heavy atom. The van der Waals surface area contributed by atoms with Crippen LogP contribution in [0, 0.1) is 12.8 Å². The van der Waals surface area contributed by atoms with Crippen LogP contribution in [0.25, 0.3) is 0 Å². The number of carbonyl (C=O) groups excluding carboxylic acids is 2. The van der Waals surface area contributed by atoms with Crippen molar-refractivity contribution in [3.05, 3.63) is 35.4 Å². The normalized spacial score (nSPS) is 17.0. The summed E-state index contributed by atoms with van der Waals surface area (Å²) in [5.41, 5.74) is 7.79. The van der Waals surface area contributed by atoms with E-state index in [0.717, 1.165) is 24.0 Å². The third-order valence-electron chi connectivity index (χ3n) is 4.49. The van der Waals surface area contributed by atoms with E-state index in [2.05, 4.69) is 19.2 Å². The Hall–Kier alpha value is -1.88. The molecule has 1 fully saturated rings. The van der Waals surface area contributed by atoms with Gasteiger partial charge in [0.25, 0.3) is 5.91 Å². The minimum absolute atomic E-state index is 0.0660. The predicted octanol–water partition coefficient (Wildman–Crippen LogP) is 2.09. The molecule has 24 heavy (non-hydrogen) atoms. The Morgan fingerprint density at radius 3 is 2.33 bits per heavy atom. The third kappa shape index (κ3) is 5.06. The predicted molar refractivity (Wildman–Crippen MR) is 95.7 cm³/mol. The fraction of sp³-hybridized carbons (Fsp3) is 0.579. The van der Waals surface area contributed by atoms with Gasteiger partial charge >= 0.3 is 0 Å². The number of nitrogens with two attached hydrogens (primary N) is 1. The number of benzene rings is 1. The molecule has 0 aromatic heterocycles. The quantitative estimate of drug-likeness (QED) is 0.867. The highest BCUT2D eigenvalue weighted by Gasteiger charge is 2.26. The van der Waals surface area contributed by atoms with Crippen molar-refractivity contribution in [2.75, 3.05) is 13.1 Å².